The number of carbonyl (C=O) groups is 2. The third kappa shape index (κ3) is 3.95. The van der Waals surface area contributed by atoms with Crippen LogP contribution in [0, 0.1) is 5.82 Å². The van der Waals surface area contributed by atoms with E-state index in [0.29, 0.717) is 11.9 Å². The fourth-order valence-electron chi connectivity index (χ4n) is 3.25. The number of aromatic nitrogens is 1. The lowest BCUT2D eigenvalue weighted by molar-refractivity contribution is -0.112. The highest BCUT2D eigenvalue weighted by Crippen LogP contribution is 2.30. The van der Waals surface area contributed by atoms with E-state index in [0.717, 1.165) is 11.1 Å². The molecule has 0 unspecified atom stereocenters. The molecule has 0 aliphatic rings. The molecule has 0 radical (unpaired) electrons. The number of carbonyl (C=O) groups excluding carboxylic acids is 2. The molecule has 1 N–H and O–H groups in total. The van der Waals surface area contributed by atoms with Crippen LogP contribution in [0.1, 0.15) is 15.9 Å². The highest BCUT2D eigenvalue weighted by molar-refractivity contribution is 6.50. The van der Waals surface area contributed by atoms with E-state index in [4.69, 9.17) is 23.2 Å². The molecule has 4 aromatic rings. The van der Waals surface area contributed by atoms with Gasteiger partial charge in [0.15, 0.2) is 0 Å². The Hall–Kier alpha value is -3.15. The van der Waals surface area contributed by atoms with Crippen molar-refractivity contribution in [3.05, 3.63) is 99.9 Å². The Morgan fingerprint density at radius 1 is 0.900 bits per heavy atom. The van der Waals surface area contributed by atoms with Crippen LogP contribution in [0.25, 0.3) is 10.9 Å². The summed E-state index contributed by atoms with van der Waals surface area (Å²) in [4.78, 5) is 25.6. The minimum Gasteiger partial charge on any atom is -0.342 e. The molecule has 0 aliphatic carbocycles. The van der Waals surface area contributed by atoms with E-state index in [2.05, 4.69) is 5.32 Å². The van der Waals surface area contributed by atoms with E-state index in [9.17, 15) is 14.0 Å². The average Bonchev–Trinajstić information content (AvgIpc) is 3.10. The fourth-order valence-corrected chi connectivity index (χ4v) is 3.75. The molecule has 0 bridgehead atoms. The van der Waals surface area contributed by atoms with Gasteiger partial charge >= 0.3 is 0 Å². The van der Waals surface area contributed by atoms with Crippen LogP contribution in [0.15, 0.2) is 72.9 Å². The lowest BCUT2D eigenvalue weighted by Crippen LogP contribution is -2.23. The molecule has 0 atom stereocenters. The summed E-state index contributed by atoms with van der Waals surface area (Å²) in [7, 11) is 0. The highest BCUT2D eigenvalue weighted by atomic mass is 35.5. The van der Waals surface area contributed by atoms with Crippen LogP contribution >= 0.6 is 23.2 Å². The first-order chi connectivity index (χ1) is 14.4. The number of hydrogen-bond donors (Lipinski definition) is 1. The van der Waals surface area contributed by atoms with Gasteiger partial charge in [-0.2, -0.15) is 0 Å². The van der Waals surface area contributed by atoms with Crippen molar-refractivity contribution in [3.8, 4) is 0 Å². The summed E-state index contributed by atoms with van der Waals surface area (Å²) < 4.78 is 15.1. The topological polar surface area (TPSA) is 51.1 Å². The Morgan fingerprint density at radius 2 is 1.57 bits per heavy atom. The predicted octanol–water partition coefficient (Wildman–Crippen LogP) is 5.96. The van der Waals surface area contributed by atoms with Crippen molar-refractivity contribution in [2.45, 2.75) is 6.54 Å². The van der Waals surface area contributed by atoms with Gasteiger partial charge in [-0.1, -0.05) is 59.6 Å². The summed E-state index contributed by atoms with van der Waals surface area (Å²) in [6.45, 7) is 0.423. The number of anilines is 1. The van der Waals surface area contributed by atoms with Gasteiger partial charge in [0.05, 0.1) is 21.3 Å². The molecule has 0 fully saturated rings. The van der Waals surface area contributed by atoms with Crippen molar-refractivity contribution >= 4 is 51.5 Å². The molecule has 0 spiro atoms. The summed E-state index contributed by atoms with van der Waals surface area (Å²) in [6, 6.07) is 18.2. The molecule has 0 saturated heterocycles. The van der Waals surface area contributed by atoms with Gasteiger partial charge in [0.1, 0.15) is 5.82 Å². The van der Waals surface area contributed by atoms with Crippen LogP contribution in [0.2, 0.25) is 10.0 Å². The van der Waals surface area contributed by atoms with E-state index < -0.39 is 11.7 Å². The zero-order valence-corrected chi connectivity index (χ0v) is 17.0. The Morgan fingerprint density at radius 3 is 2.27 bits per heavy atom. The van der Waals surface area contributed by atoms with Crippen LogP contribution in [-0.4, -0.2) is 16.3 Å². The van der Waals surface area contributed by atoms with E-state index >= 15 is 0 Å². The van der Waals surface area contributed by atoms with E-state index in [1.807, 2.05) is 16.7 Å². The number of Topliss-reactive ketones (excluding diaryl/α,β-unsaturated/α-hetero) is 1. The molecule has 3 aromatic carbocycles. The van der Waals surface area contributed by atoms with E-state index in [-0.39, 0.29) is 27.1 Å². The van der Waals surface area contributed by atoms with Crippen LogP contribution in [-0.2, 0) is 11.3 Å². The Bertz CT molecular complexity index is 1250. The molecule has 1 aromatic heterocycles. The SMILES string of the molecule is O=C(Nc1c(Cl)cccc1Cl)C(=O)c1cn(Cc2ccc(F)cc2)c2ccccc12. The number of nitrogens with zero attached hydrogens (tertiary/aromatic N) is 1. The second-order valence-corrected chi connectivity index (χ2v) is 7.51. The van der Waals surface area contributed by atoms with Crippen LogP contribution < -0.4 is 5.32 Å². The molecule has 4 nitrogen and oxygen atoms in total. The van der Waals surface area contributed by atoms with Crippen molar-refractivity contribution in [1.29, 1.82) is 0 Å². The largest absolute Gasteiger partial charge is 0.342 e. The zero-order chi connectivity index (χ0) is 21.3. The first-order valence-electron chi connectivity index (χ1n) is 9.06. The molecule has 0 aliphatic heterocycles. The third-order valence-electron chi connectivity index (χ3n) is 4.71. The van der Waals surface area contributed by atoms with E-state index in [1.165, 1.54) is 12.1 Å². The minimum atomic E-state index is -0.838. The Labute approximate surface area is 181 Å². The highest BCUT2D eigenvalue weighted by Gasteiger charge is 2.23. The third-order valence-corrected chi connectivity index (χ3v) is 5.34. The van der Waals surface area contributed by atoms with E-state index in [1.54, 1.807) is 48.7 Å². The number of para-hydroxylation sites is 2. The molecule has 4 rings (SSSR count). The van der Waals surface area contributed by atoms with Crippen LogP contribution in [0.5, 0.6) is 0 Å². The van der Waals surface area contributed by atoms with Gasteiger partial charge < -0.3 is 9.88 Å². The monoisotopic (exact) mass is 440 g/mol. The first kappa shape index (κ1) is 20.1. The standard InChI is InChI=1S/C23H15Cl2FN2O2/c24-18-5-3-6-19(25)21(18)27-23(30)22(29)17-13-28(20-7-2-1-4-16(17)20)12-14-8-10-15(26)11-9-14/h1-11,13H,12H2,(H,27,30). The molecule has 7 heteroatoms. The first-order valence-corrected chi connectivity index (χ1v) is 9.81. The summed E-state index contributed by atoms with van der Waals surface area (Å²) in [6.07, 6.45) is 1.63. The van der Waals surface area contributed by atoms with Crippen molar-refractivity contribution in [1.82, 2.24) is 4.57 Å². The molecule has 150 valence electrons. The van der Waals surface area contributed by atoms with Gasteiger partial charge in [0.25, 0.3) is 11.7 Å². The summed E-state index contributed by atoms with van der Waals surface area (Å²) in [5, 5.41) is 3.62. The predicted molar refractivity (Wildman–Crippen MR) is 117 cm³/mol. The summed E-state index contributed by atoms with van der Waals surface area (Å²) >= 11 is 12.2. The van der Waals surface area contributed by atoms with Crippen molar-refractivity contribution in [2.24, 2.45) is 0 Å². The molecule has 1 heterocycles. The zero-order valence-electron chi connectivity index (χ0n) is 15.5. The summed E-state index contributed by atoms with van der Waals surface area (Å²) in [5.41, 5.74) is 2.10. The molecular formula is C23H15Cl2FN2O2. The van der Waals surface area contributed by atoms with Gasteiger partial charge in [-0.3, -0.25) is 9.59 Å². The number of fused-ring (bicyclic) bond motifs is 1. The fraction of sp³-hybridized carbons (Fsp3) is 0.0435. The number of rotatable bonds is 5. The molecule has 1 amide bonds. The maximum absolute atomic E-state index is 13.2. The lowest BCUT2D eigenvalue weighted by atomic mass is 10.1. The van der Waals surface area contributed by atoms with Gasteiger partial charge in [-0.15, -0.1) is 0 Å². The number of hydrogen-bond acceptors (Lipinski definition) is 2. The van der Waals surface area contributed by atoms with Crippen molar-refractivity contribution in [2.75, 3.05) is 5.32 Å². The molecular weight excluding hydrogens is 426 g/mol. The van der Waals surface area contributed by atoms with Gasteiger partial charge in [-0.05, 0) is 35.9 Å². The van der Waals surface area contributed by atoms with Crippen molar-refractivity contribution in [3.63, 3.8) is 0 Å². The number of amides is 1. The quantitative estimate of drug-likeness (QED) is 0.307. The minimum absolute atomic E-state index is 0.189. The normalized spacial score (nSPS) is 10.9. The number of benzene rings is 3. The maximum atomic E-state index is 13.2. The lowest BCUT2D eigenvalue weighted by Gasteiger charge is -2.08. The van der Waals surface area contributed by atoms with Crippen LogP contribution in [0.4, 0.5) is 10.1 Å². The molecule has 0 saturated carbocycles. The average molecular weight is 441 g/mol. The maximum Gasteiger partial charge on any atom is 0.296 e. The van der Waals surface area contributed by atoms with Crippen molar-refractivity contribution < 1.29 is 14.0 Å². The van der Waals surface area contributed by atoms with Gasteiger partial charge in [0, 0.05) is 23.6 Å². The van der Waals surface area contributed by atoms with Crippen LogP contribution in [0.3, 0.4) is 0 Å². The number of nitrogens with one attached hydrogen (secondary N) is 1. The second kappa shape index (κ2) is 8.30. The smallest absolute Gasteiger partial charge is 0.296 e. The second-order valence-electron chi connectivity index (χ2n) is 6.69. The number of ketones is 1. The van der Waals surface area contributed by atoms with Gasteiger partial charge in [0.2, 0.25) is 0 Å². The number of halogens is 3. The summed E-state index contributed by atoms with van der Waals surface area (Å²) in [5.74, 6) is -1.86. The Kier molecular flexibility index (Phi) is 5.57. The Balaban J connectivity index is 1.67. The molecule has 30 heavy (non-hydrogen) atoms. The van der Waals surface area contributed by atoms with Gasteiger partial charge in [-0.25, -0.2) is 4.39 Å².